The number of ether oxygens (including phenoxy) is 3. The lowest BCUT2D eigenvalue weighted by Crippen LogP contribution is -2.45. The number of carbonyl (C=O) groups excluding carboxylic acids is 1. The highest BCUT2D eigenvalue weighted by Crippen LogP contribution is 2.41. The van der Waals surface area contributed by atoms with Crippen LogP contribution in [0, 0.1) is 5.92 Å². The third-order valence-electron chi connectivity index (χ3n) is 7.92. The normalized spacial score (nSPS) is 23.8. The maximum absolute atomic E-state index is 13.5. The number of carboxylic acids is 1. The van der Waals surface area contributed by atoms with Gasteiger partial charge in [0.25, 0.3) is 0 Å². The van der Waals surface area contributed by atoms with Gasteiger partial charge in [0.2, 0.25) is 5.91 Å². The first-order valence-electron chi connectivity index (χ1n) is 13.9. The van der Waals surface area contributed by atoms with Crippen LogP contribution in [0.25, 0.3) is 0 Å². The number of nitrogens with zero attached hydrogens (tertiary/aromatic N) is 2. The molecular weight excluding hydrogens is 474 g/mol. The number of fused-ring (bicyclic) bond motifs is 1. The van der Waals surface area contributed by atoms with E-state index < -0.39 is 11.9 Å². The second-order valence-corrected chi connectivity index (χ2v) is 10.4. The molecule has 2 fully saturated rings. The van der Waals surface area contributed by atoms with E-state index in [4.69, 9.17) is 19.9 Å². The molecule has 2 saturated heterocycles. The molecule has 1 aromatic rings. The van der Waals surface area contributed by atoms with Gasteiger partial charge in [-0.25, -0.2) is 0 Å². The Labute approximate surface area is 220 Å². The zero-order chi connectivity index (χ0) is 26.2. The predicted octanol–water partition coefficient (Wildman–Crippen LogP) is 2.61. The molecule has 206 valence electrons. The molecule has 0 aromatic heterocycles. The van der Waals surface area contributed by atoms with Gasteiger partial charge in [0.1, 0.15) is 5.75 Å². The van der Waals surface area contributed by atoms with Gasteiger partial charge in [-0.2, -0.15) is 0 Å². The minimum Gasteiger partial charge on any atom is -0.493 e. The summed E-state index contributed by atoms with van der Waals surface area (Å²) in [6.07, 6.45) is 5.47. The van der Waals surface area contributed by atoms with Gasteiger partial charge in [-0.05, 0) is 55.8 Å². The molecule has 0 saturated carbocycles. The average Bonchev–Trinajstić information content (AvgIpc) is 3.64. The second kappa shape index (κ2) is 13.6. The van der Waals surface area contributed by atoms with E-state index in [1.807, 2.05) is 17.0 Å². The minimum atomic E-state index is -0.819. The van der Waals surface area contributed by atoms with Crippen LogP contribution in [-0.2, 0) is 25.5 Å². The van der Waals surface area contributed by atoms with Crippen molar-refractivity contribution < 1.29 is 28.9 Å². The van der Waals surface area contributed by atoms with Crippen molar-refractivity contribution in [2.24, 2.45) is 11.7 Å². The fourth-order valence-electron chi connectivity index (χ4n) is 5.94. The van der Waals surface area contributed by atoms with Crippen molar-refractivity contribution in [1.29, 1.82) is 0 Å². The first-order valence-corrected chi connectivity index (χ1v) is 13.9. The van der Waals surface area contributed by atoms with Gasteiger partial charge in [0.15, 0.2) is 6.29 Å². The quantitative estimate of drug-likeness (QED) is 0.362. The molecule has 1 amide bonds. The highest BCUT2D eigenvalue weighted by Gasteiger charge is 2.47. The molecular formula is C28H43N3O6. The topological polar surface area (TPSA) is 115 Å². The van der Waals surface area contributed by atoms with Crippen LogP contribution in [0.4, 0.5) is 0 Å². The van der Waals surface area contributed by atoms with Crippen molar-refractivity contribution in [3.8, 4) is 5.75 Å². The third kappa shape index (κ3) is 7.02. The zero-order valence-corrected chi connectivity index (χ0v) is 22.1. The molecule has 0 radical (unpaired) electrons. The number of unbranched alkanes of at least 4 members (excludes halogenated alkanes) is 2. The molecule has 9 nitrogen and oxygen atoms in total. The van der Waals surface area contributed by atoms with Gasteiger partial charge in [-0.15, -0.1) is 0 Å². The summed E-state index contributed by atoms with van der Waals surface area (Å²) >= 11 is 0. The molecule has 1 aromatic carbocycles. The van der Waals surface area contributed by atoms with E-state index in [-0.39, 0.29) is 30.7 Å². The Balaban J connectivity index is 1.54. The number of benzene rings is 1. The van der Waals surface area contributed by atoms with Crippen molar-refractivity contribution in [1.82, 2.24) is 9.80 Å². The summed E-state index contributed by atoms with van der Waals surface area (Å²) in [4.78, 5) is 30.2. The van der Waals surface area contributed by atoms with Gasteiger partial charge in [0.05, 0.1) is 32.3 Å². The Morgan fingerprint density at radius 3 is 2.62 bits per heavy atom. The van der Waals surface area contributed by atoms with Gasteiger partial charge < -0.3 is 30.0 Å². The van der Waals surface area contributed by atoms with E-state index >= 15 is 0 Å². The van der Waals surface area contributed by atoms with Crippen molar-refractivity contribution in [3.63, 3.8) is 0 Å². The number of hydrogen-bond acceptors (Lipinski definition) is 7. The highest BCUT2D eigenvalue weighted by molar-refractivity contribution is 5.79. The smallest absolute Gasteiger partial charge is 0.308 e. The summed E-state index contributed by atoms with van der Waals surface area (Å²) in [7, 11) is 0. The summed E-state index contributed by atoms with van der Waals surface area (Å²) in [5, 5.41) is 10.4. The van der Waals surface area contributed by atoms with Crippen molar-refractivity contribution in [2.75, 3.05) is 52.5 Å². The largest absolute Gasteiger partial charge is 0.493 e. The standard InChI is InChI=1S/C28H43N3O6/c1-2-3-12-30(13-5-4-11-29)25(32)19-31-18-22(20-6-8-24-21(17-20)10-14-35-24)27(28(33)34)23(31)7-9-26-36-15-16-37-26/h6,8,17,22-23,26-27H,2-5,7,9-16,18-19,29H2,1H3,(H,33,34)/t22-,23+,27?/m1/s1. The molecule has 0 spiro atoms. The molecule has 9 heteroatoms. The van der Waals surface area contributed by atoms with Crippen LogP contribution >= 0.6 is 0 Å². The molecule has 4 rings (SSSR count). The Morgan fingerprint density at radius 2 is 1.89 bits per heavy atom. The first kappa shape index (κ1) is 27.8. The number of likely N-dealkylation sites (tertiary alicyclic amines) is 1. The number of carbonyl (C=O) groups is 2. The monoisotopic (exact) mass is 517 g/mol. The SMILES string of the molecule is CCCCN(CCCCN)C(=O)CN1C[C@H](c2ccc3c(c2)CCO3)C(C(=O)O)[C@@H]1CCC1OCCO1. The summed E-state index contributed by atoms with van der Waals surface area (Å²) in [5.74, 6) is -0.683. The van der Waals surface area contributed by atoms with Crippen LogP contribution in [-0.4, -0.2) is 91.7 Å². The molecule has 3 N–H and O–H groups in total. The Bertz CT molecular complexity index is 906. The molecule has 0 aliphatic carbocycles. The van der Waals surface area contributed by atoms with E-state index in [1.165, 1.54) is 0 Å². The summed E-state index contributed by atoms with van der Waals surface area (Å²) in [6, 6.07) is 5.79. The maximum atomic E-state index is 13.5. The van der Waals surface area contributed by atoms with Gasteiger partial charge in [0, 0.05) is 38.0 Å². The summed E-state index contributed by atoms with van der Waals surface area (Å²) in [5.41, 5.74) is 7.82. The fourth-order valence-corrected chi connectivity index (χ4v) is 5.94. The maximum Gasteiger partial charge on any atom is 0.308 e. The second-order valence-electron chi connectivity index (χ2n) is 10.4. The van der Waals surface area contributed by atoms with Gasteiger partial charge in [-0.1, -0.05) is 25.5 Å². The molecule has 37 heavy (non-hydrogen) atoms. The molecule has 3 atom stereocenters. The number of hydrogen-bond donors (Lipinski definition) is 2. The molecule has 0 bridgehead atoms. The van der Waals surface area contributed by atoms with Crippen LogP contribution < -0.4 is 10.5 Å². The van der Waals surface area contributed by atoms with Crippen LogP contribution in [0.3, 0.4) is 0 Å². The summed E-state index contributed by atoms with van der Waals surface area (Å²) < 4.78 is 16.9. The Morgan fingerprint density at radius 1 is 1.11 bits per heavy atom. The van der Waals surface area contributed by atoms with Crippen LogP contribution in [0.1, 0.15) is 62.5 Å². The zero-order valence-electron chi connectivity index (χ0n) is 22.1. The average molecular weight is 518 g/mol. The lowest BCUT2D eigenvalue weighted by atomic mass is 9.83. The number of rotatable bonds is 14. The van der Waals surface area contributed by atoms with Crippen LogP contribution in [0.15, 0.2) is 18.2 Å². The number of amides is 1. The van der Waals surface area contributed by atoms with E-state index in [9.17, 15) is 14.7 Å². The molecule has 3 aliphatic rings. The Kier molecular flexibility index (Phi) is 10.2. The van der Waals surface area contributed by atoms with E-state index in [2.05, 4.69) is 17.9 Å². The van der Waals surface area contributed by atoms with Gasteiger partial charge >= 0.3 is 5.97 Å². The van der Waals surface area contributed by atoms with Crippen molar-refractivity contribution in [3.05, 3.63) is 29.3 Å². The van der Waals surface area contributed by atoms with E-state index in [0.717, 1.165) is 55.5 Å². The van der Waals surface area contributed by atoms with E-state index in [0.29, 0.717) is 52.3 Å². The van der Waals surface area contributed by atoms with Crippen LogP contribution in [0.5, 0.6) is 5.75 Å². The fraction of sp³-hybridized carbons (Fsp3) is 0.714. The lowest BCUT2D eigenvalue weighted by molar-refractivity contribution is -0.144. The minimum absolute atomic E-state index is 0.0657. The number of carboxylic acid groups (broad SMARTS) is 1. The van der Waals surface area contributed by atoms with Crippen LogP contribution in [0.2, 0.25) is 0 Å². The van der Waals surface area contributed by atoms with E-state index in [1.54, 1.807) is 0 Å². The summed E-state index contributed by atoms with van der Waals surface area (Å²) in [6.45, 7) is 6.69. The number of aliphatic carboxylic acids is 1. The number of nitrogens with two attached hydrogens (primary N) is 1. The Hall–Kier alpha value is -2.20. The first-order chi connectivity index (χ1) is 18.0. The molecule has 3 heterocycles. The van der Waals surface area contributed by atoms with Gasteiger partial charge in [-0.3, -0.25) is 14.5 Å². The van der Waals surface area contributed by atoms with Crippen molar-refractivity contribution in [2.45, 2.75) is 70.1 Å². The molecule has 1 unspecified atom stereocenters. The molecule has 3 aliphatic heterocycles. The highest BCUT2D eigenvalue weighted by atomic mass is 16.7. The predicted molar refractivity (Wildman–Crippen MR) is 140 cm³/mol. The third-order valence-corrected chi connectivity index (χ3v) is 7.92. The lowest BCUT2D eigenvalue weighted by Gasteiger charge is -2.30. The van der Waals surface area contributed by atoms with Crippen molar-refractivity contribution >= 4 is 11.9 Å².